The fraction of sp³-hybridized carbons (Fsp3) is 0.333. The first kappa shape index (κ1) is 18.6. The number of pyridine rings is 2. The van der Waals surface area contributed by atoms with Crippen molar-refractivity contribution in [2.24, 2.45) is 5.92 Å². The Labute approximate surface area is 175 Å². The highest BCUT2D eigenvalue weighted by molar-refractivity contribution is 7.98. The molecule has 4 heterocycles. The van der Waals surface area contributed by atoms with Crippen LogP contribution in [0.2, 0.25) is 0 Å². The van der Waals surface area contributed by atoms with Crippen molar-refractivity contribution in [1.29, 1.82) is 0 Å². The summed E-state index contributed by atoms with van der Waals surface area (Å²) in [7, 11) is 0. The van der Waals surface area contributed by atoms with Gasteiger partial charge in [-0.25, -0.2) is 0 Å². The molecule has 148 valence electrons. The molecule has 1 saturated heterocycles. The van der Waals surface area contributed by atoms with Crippen LogP contribution in [0.15, 0.2) is 70.5 Å². The van der Waals surface area contributed by atoms with Crippen molar-refractivity contribution in [3.05, 3.63) is 82.5 Å². The zero-order valence-corrected chi connectivity index (χ0v) is 17.4. The molecule has 2 atom stereocenters. The Balaban J connectivity index is 1.50. The third kappa shape index (κ3) is 3.65. The van der Waals surface area contributed by atoms with E-state index in [-0.39, 0.29) is 5.56 Å². The average molecular weight is 404 g/mol. The molecule has 0 unspecified atom stereocenters. The van der Waals surface area contributed by atoms with Crippen LogP contribution in [0.5, 0.6) is 0 Å². The Morgan fingerprint density at radius 3 is 2.66 bits per heavy atom. The van der Waals surface area contributed by atoms with Crippen molar-refractivity contribution in [3.8, 4) is 11.1 Å². The summed E-state index contributed by atoms with van der Waals surface area (Å²) in [5.74, 6) is 0.909. The van der Waals surface area contributed by atoms with E-state index in [9.17, 15) is 4.79 Å². The molecule has 0 radical (unpaired) electrons. The van der Waals surface area contributed by atoms with E-state index in [0.717, 1.165) is 38.3 Å². The highest BCUT2D eigenvalue weighted by atomic mass is 32.2. The lowest BCUT2D eigenvalue weighted by atomic mass is 9.80. The normalized spacial score (nSPS) is 21.0. The van der Waals surface area contributed by atoms with Crippen LogP contribution in [-0.4, -0.2) is 33.8 Å². The fourth-order valence-electron chi connectivity index (χ4n) is 4.98. The van der Waals surface area contributed by atoms with Crippen molar-refractivity contribution < 1.29 is 0 Å². The summed E-state index contributed by atoms with van der Waals surface area (Å²) >= 11 is 1.75. The van der Waals surface area contributed by atoms with Crippen LogP contribution in [0.25, 0.3) is 11.1 Å². The predicted octanol–water partition coefficient (Wildman–Crippen LogP) is 4.25. The molecule has 2 aromatic heterocycles. The summed E-state index contributed by atoms with van der Waals surface area (Å²) in [5, 5.41) is 0. The highest BCUT2D eigenvalue weighted by Gasteiger charge is 2.36. The second-order valence-electron chi connectivity index (χ2n) is 8.12. The van der Waals surface area contributed by atoms with E-state index in [1.165, 1.54) is 21.7 Å². The van der Waals surface area contributed by atoms with Gasteiger partial charge in [0.15, 0.2) is 0 Å². The van der Waals surface area contributed by atoms with E-state index in [2.05, 4.69) is 57.1 Å². The molecule has 0 aliphatic carbocycles. The first-order valence-electron chi connectivity index (χ1n) is 10.2. The molecule has 0 spiro atoms. The molecule has 0 N–H and O–H groups in total. The molecule has 1 aromatic carbocycles. The van der Waals surface area contributed by atoms with Gasteiger partial charge in [0.2, 0.25) is 0 Å². The third-order valence-corrected chi connectivity index (χ3v) is 6.92. The maximum absolute atomic E-state index is 12.7. The molecule has 2 bridgehead atoms. The number of aromatic nitrogens is 2. The molecule has 29 heavy (non-hydrogen) atoms. The van der Waals surface area contributed by atoms with E-state index in [0.29, 0.717) is 11.8 Å². The topological polar surface area (TPSA) is 38.1 Å². The zero-order valence-electron chi connectivity index (χ0n) is 16.6. The second kappa shape index (κ2) is 7.81. The van der Waals surface area contributed by atoms with Crippen molar-refractivity contribution >= 4 is 11.8 Å². The number of hydrogen-bond acceptors (Lipinski definition) is 4. The lowest BCUT2D eigenvalue weighted by molar-refractivity contribution is 0.113. The van der Waals surface area contributed by atoms with Gasteiger partial charge in [0, 0.05) is 60.5 Å². The van der Waals surface area contributed by atoms with Gasteiger partial charge in [-0.3, -0.25) is 14.7 Å². The Bertz CT molecular complexity index is 1060. The number of benzene rings is 1. The molecule has 0 amide bonds. The summed E-state index contributed by atoms with van der Waals surface area (Å²) in [6.07, 6.45) is 5.13. The Morgan fingerprint density at radius 2 is 1.90 bits per heavy atom. The predicted molar refractivity (Wildman–Crippen MR) is 118 cm³/mol. The average Bonchev–Trinajstić information content (AvgIpc) is 2.75. The Hall–Kier alpha value is -2.37. The van der Waals surface area contributed by atoms with E-state index in [4.69, 9.17) is 0 Å². The van der Waals surface area contributed by atoms with Gasteiger partial charge >= 0.3 is 0 Å². The SMILES string of the molecule is CSc1ccc(-c2ccc(=O)n3c2[C@@H]2C[C@@H](CN(Cc4ccccn4)C2)C3)cc1. The number of piperidine rings is 1. The van der Waals surface area contributed by atoms with Crippen molar-refractivity contribution in [2.45, 2.75) is 30.3 Å². The second-order valence-corrected chi connectivity index (χ2v) is 9.00. The molecule has 5 rings (SSSR count). The number of nitrogens with zero attached hydrogens (tertiary/aromatic N) is 3. The summed E-state index contributed by atoms with van der Waals surface area (Å²) in [5.41, 5.74) is 4.88. The van der Waals surface area contributed by atoms with Crippen LogP contribution in [0.4, 0.5) is 0 Å². The molecule has 1 fully saturated rings. The van der Waals surface area contributed by atoms with Gasteiger partial charge in [-0.1, -0.05) is 18.2 Å². The zero-order chi connectivity index (χ0) is 19.8. The van der Waals surface area contributed by atoms with Crippen LogP contribution < -0.4 is 5.56 Å². The minimum atomic E-state index is 0.136. The Morgan fingerprint density at radius 1 is 1.03 bits per heavy atom. The van der Waals surface area contributed by atoms with Crippen LogP contribution >= 0.6 is 11.8 Å². The third-order valence-electron chi connectivity index (χ3n) is 6.18. The first-order chi connectivity index (χ1) is 14.2. The summed E-state index contributed by atoms with van der Waals surface area (Å²) in [6.45, 7) is 3.71. The van der Waals surface area contributed by atoms with Gasteiger partial charge in [0.25, 0.3) is 5.56 Å². The summed E-state index contributed by atoms with van der Waals surface area (Å²) < 4.78 is 2.05. The maximum Gasteiger partial charge on any atom is 0.250 e. The molecular weight excluding hydrogens is 378 g/mol. The molecule has 3 aromatic rings. The van der Waals surface area contributed by atoms with Gasteiger partial charge in [-0.15, -0.1) is 11.8 Å². The number of hydrogen-bond donors (Lipinski definition) is 0. The molecule has 4 nitrogen and oxygen atoms in total. The largest absolute Gasteiger partial charge is 0.311 e. The molecule has 5 heteroatoms. The number of likely N-dealkylation sites (tertiary alicyclic amines) is 1. The lowest BCUT2D eigenvalue weighted by Crippen LogP contribution is -2.47. The van der Waals surface area contributed by atoms with E-state index in [1.807, 2.05) is 18.3 Å². The van der Waals surface area contributed by atoms with Gasteiger partial charge in [0.1, 0.15) is 0 Å². The molecular formula is C24H25N3OS. The van der Waals surface area contributed by atoms with Crippen LogP contribution in [-0.2, 0) is 13.1 Å². The number of thioether (sulfide) groups is 1. The monoisotopic (exact) mass is 403 g/mol. The van der Waals surface area contributed by atoms with Gasteiger partial charge < -0.3 is 4.57 Å². The smallest absolute Gasteiger partial charge is 0.250 e. The van der Waals surface area contributed by atoms with E-state index in [1.54, 1.807) is 17.8 Å². The van der Waals surface area contributed by atoms with Crippen LogP contribution in [0.3, 0.4) is 0 Å². The lowest BCUT2D eigenvalue weighted by Gasteiger charge is -2.43. The maximum atomic E-state index is 12.7. The van der Waals surface area contributed by atoms with E-state index < -0.39 is 0 Å². The highest BCUT2D eigenvalue weighted by Crippen LogP contribution is 2.40. The molecule has 0 saturated carbocycles. The van der Waals surface area contributed by atoms with E-state index >= 15 is 0 Å². The summed E-state index contributed by atoms with van der Waals surface area (Å²) in [4.78, 5) is 21.0. The van der Waals surface area contributed by atoms with Crippen molar-refractivity contribution in [2.75, 3.05) is 19.3 Å². The van der Waals surface area contributed by atoms with Gasteiger partial charge in [0.05, 0.1) is 5.69 Å². The number of fused-ring (bicyclic) bond motifs is 4. The minimum Gasteiger partial charge on any atom is -0.311 e. The minimum absolute atomic E-state index is 0.136. The van der Waals surface area contributed by atoms with Crippen molar-refractivity contribution in [1.82, 2.24) is 14.5 Å². The van der Waals surface area contributed by atoms with Gasteiger partial charge in [-0.05, 0) is 54.5 Å². The Kier molecular flexibility index (Phi) is 5.02. The molecule has 2 aliphatic heterocycles. The van der Waals surface area contributed by atoms with Gasteiger partial charge in [-0.2, -0.15) is 0 Å². The van der Waals surface area contributed by atoms with Crippen LogP contribution in [0, 0.1) is 5.92 Å². The van der Waals surface area contributed by atoms with Crippen molar-refractivity contribution in [3.63, 3.8) is 0 Å². The standard InChI is InChI=1S/C24H25N3OS/c1-29-21-7-5-18(6-8-21)22-9-10-23(28)27-14-17-12-19(24(22)27)15-26(13-17)16-20-4-2-3-11-25-20/h2-11,17,19H,12-16H2,1H3/t17-,19+/m0/s1. The van der Waals surface area contributed by atoms with Crippen LogP contribution in [0.1, 0.15) is 23.7 Å². The fourth-order valence-corrected chi connectivity index (χ4v) is 5.39. The first-order valence-corrected chi connectivity index (χ1v) is 11.4. The molecule has 2 aliphatic rings. The summed E-state index contributed by atoms with van der Waals surface area (Å²) in [6, 6.07) is 18.6. The number of rotatable bonds is 4. The quantitative estimate of drug-likeness (QED) is 0.611.